The van der Waals surface area contributed by atoms with E-state index in [1.54, 1.807) is 42.5 Å². The third kappa shape index (κ3) is 3.99. The Labute approximate surface area is 164 Å². The number of nitrogens with zero attached hydrogens (tertiary/aromatic N) is 1. The summed E-state index contributed by atoms with van der Waals surface area (Å²) in [5.41, 5.74) is 2.34. The smallest absolute Gasteiger partial charge is 0.261 e. The number of sulfonamides is 1. The van der Waals surface area contributed by atoms with E-state index in [-0.39, 0.29) is 22.0 Å². The quantitative estimate of drug-likeness (QED) is 0.564. The first-order valence-corrected chi connectivity index (χ1v) is 10.2. The van der Waals surface area contributed by atoms with Crippen molar-refractivity contribution < 1.29 is 12.8 Å². The molecule has 3 aromatic carbocycles. The van der Waals surface area contributed by atoms with E-state index in [0.29, 0.717) is 5.69 Å². The zero-order chi connectivity index (χ0) is 19.6. The van der Waals surface area contributed by atoms with E-state index in [1.165, 1.54) is 16.4 Å². The van der Waals surface area contributed by atoms with Crippen LogP contribution in [0.3, 0.4) is 0 Å². The monoisotopic (exact) mass is 403 g/mol. The SMILES string of the molecule is Cc1ccc(S(=O)(=O)N(Cc2c(F)cccc2Cl)c2ccccc2C)cc1. The van der Waals surface area contributed by atoms with E-state index < -0.39 is 15.8 Å². The molecule has 140 valence electrons. The molecule has 0 atom stereocenters. The zero-order valence-electron chi connectivity index (χ0n) is 15.0. The fraction of sp³-hybridized carbons (Fsp3) is 0.143. The van der Waals surface area contributed by atoms with Crippen molar-refractivity contribution in [2.45, 2.75) is 25.3 Å². The second-order valence-corrected chi connectivity index (χ2v) is 8.58. The number of rotatable bonds is 5. The van der Waals surface area contributed by atoms with Crippen molar-refractivity contribution in [1.29, 1.82) is 0 Å². The van der Waals surface area contributed by atoms with Gasteiger partial charge in [-0.3, -0.25) is 4.31 Å². The fourth-order valence-corrected chi connectivity index (χ4v) is 4.53. The Hall–Kier alpha value is -2.37. The van der Waals surface area contributed by atoms with Crippen molar-refractivity contribution in [2.75, 3.05) is 4.31 Å². The summed E-state index contributed by atoms with van der Waals surface area (Å²) in [4.78, 5) is 0.142. The van der Waals surface area contributed by atoms with Gasteiger partial charge in [-0.1, -0.05) is 53.6 Å². The highest BCUT2D eigenvalue weighted by Crippen LogP contribution is 2.31. The van der Waals surface area contributed by atoms with Gasteiger partial charge in [-0.05, 0) is 49.7 Å². The van der Waals surface area contributed by atoms with Gasteiger partial charge in [0.25, 0.3) is 10.0 Å². The van der Waals surface area contributed by atoms with E-state index in [1.807, 2.05) is 26.0 Å². The lowest BCUT2D eigenvalue weighted by atomic mass is 10.1. The summed E-state index contributed by atoms with van der Waals surface area (Å²) in [6, 6.07) is 18.0. The van der Waals surface area contributed by atoms with Crippen molar-refractivity contribution in [3.63, 3.8) is 0 Å². The first-order valence-electron chi connectivity index (χ1n) is 8.38. The lowest BCUT2D eigenvalue weighted by Gasteiger charge is -2.26. The summed E-state index contributed by atoms with van der Waals surface area (Å²) < 4.78 is 42.3. The van der Waals surface area contributed by atoms with Gasteiger partial charge in [-0.15, -0.1) is 0 Å². The average Bonchev–Trinajstić information content (AvgIpc) is 2.63. The standard InChI is InChI=1S/C21H19ClFNO2S/c1-15-10-12-17(13-11-15)27(25,26)24(21-9-4-3-6-16(21)2)14-18-19(22)7-5-8-20(18)23/h3-13H,14H2,1-2H3. The molecule has 0 fully saturated rings. The Bertz CT molecular complexity index is 1050. The van der Waals surface area contributed by atoms with Crippen LogP contribution in [0.15, 0.2) is 71.6 Å². The van der Waals surface area contributed by atoms with Crippen LogP contribution in [0.2, 0.25) is 5.02 Å². The summed E-state index contributed by atoms with van der Waals surface area (Å²) in [7, 11) is -3.92. The number of aryl methyl sites for hydroxylation is 2. The summed E-state index contributed by atoms with van der Waals surface area (Å²) in [5, 5.41) is 0.188. The Morgan fingerprint density at radius 1 is 0.926 bits per heavy atom. The normalized spacial score (nSPS) is 11.4. The molecule has 3 rings (SSSR count). The van der Waals surface area contributed by atoms with Crippen molar-refractivity contribution in [3.8, 4) is 0 Å². The highest BCUT2D eigenvalue weighted by molar-refractivity contribution is 7.92. The molecule has 3 aromatic rings. The van der Waals surface area contributed by atoms with E-state index in [9.17, 15) is 12.8 Å². The Balaban J connectivity index is 2.16. The molecule has 0 heterocycles. The van der Waals surface area contributed by atoms with Crippen LogP contribution in [0.5, 0.6) is 0 Å². The van der Waals surface area contributed by atoms with Gasteiger partial charge in [-0.25, -0.2) is 12.8 Å². The largest absolute Gasteiger partial charge is 0.264 e. The Morgan fingerprint density at radius 3 is 2.22 bits per heavy atom. The Kier molecular flexibility index (Phi) is 5.53. The van der Waals surface area contributed by atoms with Crippen LogP contribution in [0.25, 0.3) is 0 Å². The predicted octanol–water partition coefficient (Wildman–Crippen LogP) is 5.49. The highest BCUT2D eigenvalue weighted by atomic mass is 35.5. The summed E-state index contributed by atoms with van der Waals surface area (Å²) in [5.74, 6) is -0.541. The maximum absolute atomic E-state index is 14.4. The van der Waals surface area contributed by atoms with Crippen LogP contribution in [-0.2, 0) is 16.6 Å². The van der Waals surface area contributed by atoms with Crippen molar-refractivity contribution >= 4 is 27.3 Å². The van der Waals surface area contributed by atoms with Crippen LogP contribution in [0, 0.1) is 19.7 Å². The van der Waals surface area contributed by atoms with Crippen molar-refractivity contribution in [1.82, 2.24) is 0 Å². The molecule has 0 radical (unpaired) electrons. The molecule has 0 aromatic heterocycles. The first-order chi connectivity index (χ1) is 12.8. The molecule has 0 aliphatic carbocycles. The fourth-order valence-electron chi connectivity index (χ4n) is 2.81. The number of benzene rings is 3. The minimum absolute atomic E-state index is 0.137. The molecule has 0 aliphatic rings. The molecule has 0 saturated heterocycles. The lowest BCUT2D eigenvalue weighted by Crippen LogP contribution is -2.31. The van der Waals surface area contributed by atoms with E-state index in [2.05, 4.69) is 0 Å². The molecule has 0 spiro atoms. The maximum atomic E-state index is 14.4. The number of hydrogen-bond acceptors (Lipinski definition) is 2. The molecular formula is C21H19ClFNO2S. The molecular weight excluding hydrogens is 385 g/mol. The van der Waals surface area contributed by atoms with Gasteiger partial charge in [0.05, 0.1) is 17.1 Å². The van der Waals surface area contributed by atoms with Crippen LogP contribution in [-0.4, -0.2) is 8.42 Å². The van der Waals surface area contributed by atoms with Gasteiger partial charge >= 0.3 is 0 Å². The van der Waals surface area contributed by atoms with Crippen LogP contribution in [0.1, 0.15) is 16.7 Å². The van der Waals surface area contributed by atoms with Gasteiger partial charge in [0, 0.05) is 10.6 Å². The molecule has 0 aliphatic heterocycles. The first kappa shape index (κ1) is 19.4. The number of halogens is 2. The maximum Gasteiger partial charge on any atom is 0.264 e. The van der Waals surface area contributed by atoms with E-state index in [4.69, 9.17) is 11.6 Å². The van der Waals surface area contributed by atoms with Crippen molar-refractivity contribution in [3.05, 3.63) is 94.3 Å². The number of anilines is 1. The van der Waals surface area contributed by atoms with Gasteiger partial charge in [0.15, 0.2) is 0 Å². The molecule has 0 amide bonds. The summed E-state index contributed by atoms with van der Waals surface area (Å²) in [6.07, 6.45) is 0. The van der Waals surface area contributed by atoms with E-state index >= 15 is 0 Å². The van der Waals surface area contributed by atoms with Crippen LogP contribution >= 0.6 is 11.6 Å². The summed E-state index contributed by atoms with van der Waals surface area (Å²) >= 11 is 6.16. The lowest BCUT2D eigenvalue weighted by molar-refractivity contribution is 0.585. The predicted molar refractivity (Wildman–Crippen MR) is 107 cm³/mol. The molecule has 3 nitrogen and oxygen atoms in total. The second kappa shape index (κ2) is 7.71. The second-order valence-electron chi connectivity index (χ2n) is 6.31. The Morgan fingerprint density at radius 2 is 1.59 bits per heavy atom. The molecule has 27 heavy (non-hydrogen) atoms. The van der Waals surface area contributed by atoms with Crippen molar-refractivity contribution in [2.24, 2.45) is 0 Å². The minimum atomic E-state index is -3.92. The van der Waals surface area contributed by atoms with Crippen LogP contribution in [0.4, 0.5) is 10.1 Å². The highest BCUT2D eigenvalue weighted by Gasteiger charge is 2.27. The average molecular weight is 404 g/mol. The third-order valence-electron chi connectivity index (χ3n) is 4.36. The molecule has 0 unspecified atom stereocenters. The minimum Gasteiger partial charge on any atom is -0.261 e. The molecule has 6 heteroatoms. The summed E-state index contributed by atoms with van der Waals surface area (Å²) in [6.45, 7) is 3.50. The van der Waals surface area contributed by atoms with E-state index in [0.717, 1.165) is 11.1 Å². The van der Waals surface area contributed by atoms with Gasteiger partial charge in [0.1, 0.15) is 5.82 Å². The van der Waals surface area contributed by atoms with Gasteiger partial charge in [0.2, 0.25) is 0 Å². The number of para-hydroxylation sites is 1. The number of hydrogen-bond donors (Lipinski definition) is 0. The molecule has 0 N–H and O–H groups in total. The third-order valence-corrected chi connectivity index (χ3v) is 6.48. The van der Waals surface area contributed by atoms with Gasteiger partial charge in [-0.2, -0.15) is 0 Å². The topological polar surface area (TPSA) is 37.4 Å². The van der Waals surface area contributed by atoms with Crippen LogP contribution < -0.4 is 4.31 Å². The zero-order valence-corrected chi connectivity index (χ0v) is 16.6. The molecule has 0 bridgehead atoms. The van der Waals surface area contributed by atoms with Gasteiger partial charge < -0.3 is 0 Å². The molecule has 0 saturated carbocycles.